The van der Waals surface area contributed by atoms with Gasteiger partial charge in [-0.05, 0) is 12.8 Å². The van der Waals surface area contributed by atoms with E-state index in [0.717, 1.165) is 42.5 Å². The van der Waals surface area contributed by atoms with E-state index in [-0.39, 0.29) is 11.9 Å². The molecule has 0 aliphatic carbocycles. The minimum atomic E-state index is -0.105. The van der Waals surface area contributed by atoms with Crippen LogP contribution in [0.3, 0.4) is 0 Å². The fourth-order valence-electron chi connectivity index (χ4n) is 3.19. The molecule has 0 saturated carbocycles. The number of carbonyl (C=O) groups is 1. The molecule has 0 atom stereocenters. The van der Waals surface area contributed by atoms with E-state index in [0.29, 0.717) is 5.69 Å². The zero-order valence-electron chi connectivity index (χ0n) is 14.8. The van der Waals surface area contributed by atoms with Crippen molar-refractivity contribution < 1.29 is 4.79 Å². The first kappa shape index (κ1) is 16.8. The summed E-state index contributed by atoms with van der Waals surface area (Å²) in [6, 6.07) is 0.169. The van der Waals surface area contributed by atoms with Gasteiger partial charge in [-0.1, -0.05) is 0 Å². The average Bonchev–Trinajstić information content (AvgIpc) is 3.36. The number of thiazole rings is 1. The molecule has 3 aromatic rings. The number of anilines is 1. The number of rotatable bonds is 4. The lowest BCUT2D eigenvalue weighted by atomic mass is 10.1. The number of nitrogens with one attached hydrogen (secondary N) is 1. The Labute approximate surface area is 155 Å². The number of piperidine rings is 1. The number of nitrogens with zero attached hydrogens (tertiary/aromatic N) is 6. The number of hydrogen-bond acceptors (Lipinski definition) is 6. The van der Waals surface area contributed by atoms with Crippen molar-refractivity contribution in [1.29, 1.82) is 0 Å². The normalized spacial score (nSPS) is 15.4. The fraction of sp³-hybridized carbons (Fsp3) is 0.412. The first-order chi connectivity index (χ1) is 12.6. The molecule has 4 heterocycles. The molecule has 0 aromatic carbocycles. The molecule has 0 bridgehead atoms. The Morgan fingerprint density at radius 2 is 2.12 bits per heavy atom. The van der Waals surface area contributed by atoms with E-state index in [1.807, 2.05) is 37.3 Å². The lowest BCUT2D eigenvalue weighted by molar-refractivity contribution is 0.0926. The second-order valence-corrected chi connectivity index (χ2v) is 7.37. The van der Waals surface area contributed by atoms with Gasteiger partial charge in [0.25, 0.3) is 5.91 Å². The van der Waals surface area contributed by atoms with Crippen LogP contribution in [-0.2, 0) is 14.1 Å². The van der Waals surface area contributed by atoms with Gasteiger partial charge in [0, 0.05) is 62.8 Å². The number of aryl methyl sites for hydroxylation is 2. The molecule has 0 radical (unpaired) electrons. The van der Waals surface area contributed by atoms with Crippen molar-refractivity contribution in [3.63, 3.8) is 0 Å². The van der Waals surface area contributed by atoms with E-state index in [2.05, 4.69) is 25.3 Å². The summed E-state index contributed by atoms with van der Waals surface area (Å²) in [5, 5.41) is 9.88. The Hall–Kier alpha value is -2.68. The number of amides is 1. The Balaban J connectivity index is 1.34. The first-order valence-corrected chi connectivity index (χ1v) is 9.46. The number of carbonyl (C=O) groups excluding carboxylic acids is 1. The molecule has 8 nitrogen and oxygen atoms in total. The molecule has 1 aliphatic heterocycles. The number of imidazole rings is 1. The van der Waals surface area contributed by atoms with Crippen LogP contribution in [0.5, 0.6) is 0 Å². The van der Waals surface area contributed by atoms with Crippen molar-refractivity contribution in [2.45, 2.75) is 18.9 Å². The second kappa shape index (κ2) is 6.91. The quantitative estimate of drug-likeness (QED) is 0.755. The Morgan fingerprint density at radius 3 is 2.77 bits per heavy atom. The van der Waals surface area contributed by atoms with E-state index in [4.69, 9.17) is 0 Å². The fourth-order valence-corrected chi connectivity index (χ4v) is 3.96. The van der Waals surface area contributed by atoms with Gasteiger partial charge in [0.05, 0.1) is 6.20 Å². The Morgan fingerprint density at radius 1 is 1.31 bits per heavy atom. The Bertz CT molecular complexity index is 904. The van der Waals surface area contributed by atoms with Crippen LogP contribution in [0.4, 0.5) is 5.95 Å². The second-order valence-electron chi connectivity index (χ2n) is 6.51. The highest BCUT2D eigenvalue weighted by Gasteiger charge is 2.24. The van der Waals surface area contributed by atoms with E-state index in [9.17, 15) is 4.79 Å². The molecule has 1 amide bonds. The standard InChI is InChI=1S/C17H21N7OS/c1-22-8-5-18-17(22)24-6-3-13(4-7-24)20-15(25)14-11-26-16(21-14)12-9-19-23(2)10-12/h5,8-11,13H,3-4,6-7H2,1-2H3,(H,20,25). The molecule has 0 spiro atoms. The predicted octanol–water partition coefficient (Wildman–Crippen LogP) is 1.68. The average molecular weight is 371 g/mol. The molecule has 0 unspecified atom stereocenters. The van der Waals surface area contributed by atoms with E-state index < -0.39 is 0 Å². The summed E-state index contributed by atoms with van der Waals surface area (Å²) < 4.78 is 3.75. The van der Waals surface area contributed by atoms with Gasteiger partial charge in [-0.3, -0.25) is 9.48 Å². The lowest BCUT2D eigenvalue weighted by Crippen LogP contribution is -2.45. The maximum atomic E-state index is 12.5. The van der Waals surface area contributed by atoms with Gasteiger partial charge in [-0.2, -0.15) is 5.10 Å². The number of aromatic nitrogens is 5. The van der Waals surface area contributed by atoms with Gasteiger partial charge < -0.3 is 14.8 Å². The molecule has 26 heavy (non-hydrogen) atoms. The summed E-state index contributed by atoms with van der Waals surface area (Å²) in [6.45, 7) is 1.77. The lowest BCUT2D eigenvalue weighted by Gasteiger charge is -2.32. The highest BCUT2D eigenvalue weighted by Crippen LogP contribution is 2.23. The smallest absolute Gasteiger partial charge is 0.270 e. The Kier molecular flexibility index (Phi) is 4.46. The molecular formula is C17H21N7OS. The van der Waals surface area contributed by atoms with Crippen molar-refractivity contribution in [1.82, 2.24) is 29.6 Å². The number of hydrogen-bond donors (Lipinski definition) is 1. The molecule has 3 aromatic heterocycles. The third-order valence-corrected chi connectivity index (χ3v) is 5.49. The van der Waals surface area contributed by atoms with Crippen molar-refractivity contribution in [3.8, 4) is 10.6 Å². The van der Waals surface area contributed by atoms with Crippen molar-refractivity contribution in [2.75, 3.05) is 18.0 Å². The molecule has 1 N–H and O–H groups in total. The van der Waals surface area contributed by atoms with Crippen LogP contribution in [0.1, 0.15) is 23.3 Å². The van der Waals surface area contributed by atoms with Crippen LogP contribution in [0, 0.1) is 0 Å². The SMILES string of the molecule is Cn1cc(-c2nc(C(=O)NC3CCN(c4nccn4C)CC3)cs2)cn1. The molecule has 4 rings (SSSR count). The van der Waals surface area contributed by atoms with Crippen LogP contribution >= 0.6 is 11.3 Å². The van der Waals surface area contributed by atoms with Gasteiger partial charge >= 0.3 is 0 Å². The van der Waals surface area contributed by atoms with Crippen molar-refractivity contribution >= 4 is 23.2 Å². The molecule has 1 saturated heterocycles. The third kappa shape index (κ3) is 3.34. The van der Waals surface area contributed by atoms with E-state index in [1.54, 1.807) is 16.3 Å². The van der Waals surface area contributed by atoms with E-state index >= 15 is 0 Å². The summed E-state index contributed by atoms with van der Waals surface area (Å²) in [5.41, 5.74) is 1.40. The summed E-state index contributed by atoms with van der Waals surface area (Å²) in [6.07, 6.45) is 9.22. The molecular weight excluding hydrogens is 350 g/mol. The van der Waals surface area contributed by atoms with Gasteiger partial charge in [0.2, 0.25) is 5.95 Å². The van der Waals surface area contributed by atoms with Gasteiger partial charge in [-0.25, -0.2) is 9.97 Å². The third-order valence-electron chi connectivity index (χ3n) is 4.60. The van der Waals surface area contributed by atoms with Crippen LogP contribution in [-0.4, -0.2) is 49.4 Å². The summed E-state index contributed by atoms with van der Waals surface area (Å²) in [5.74, 6) is 0.877. The first-order valence-electron chi connectivity index (χ1n) is 8.58. The zero-order chi connectivity index (χ0) is 18.1. The largest absolute Gasteiger partial charge is 0.348 e. The highest BCUT2D eigenvalue weighted by atomic mass is 32.1. The van der Waals surface area contributed by atoms with Crippen molar-refractivity contribution in [3.05, 3.63) is 35.9 Å². The van der Waals surface area contributed by atoms with Gasteiger partial charge in [0.1, 0.15) is 10.7 Å². The van der Waals surface area contributed by atoms with Crippen LogP contribution in [0.25, 0.3) is 10.6 Å². The van der Waals surface area contributed by atoms with Gasteiger partial charge in [-0.15, -0.1) is 11.3 Å². The minimum absolute atomic E-state index is 0.105. The summed E-state index contributed by atoms with van der Waals surface area (Å²) in [7, 11) is 3.86. The van der Waals surface area contributed by atoms with Crippen molar-refractivity contribution in [2.24, 2.45) is 14.1 Å². The summed E-state index contributed by atoms with van der Waals surface area (Å²) >= 11 is 1.46. The highest BCUT2D eigenvalue weighted by molar-refractivity contribution is 7.13. The van der Waals surface area contributed by atoms with Crippen LogP contribution in [0.15, 0.2) is 30.2 Å². The van der Waals surface area contributed by atoms with Gasteiger partial charge in [0.15, 0.2) is 0 Å². The monoisotopic (exact) mass is 371 g/mol. The minimum Gasteiger partial charge on any atom is -0.348 e. The molecule has 1 fully saturated rings. The molecule has 1 aliphatic rings. The summed E-state index contributed by atoms with van der Waals surface area (Å²) in [4.78, 5) is 23.6. The van der Waals surface area contributed by atoms with Crippen LogP contribution < -0.4 is 10.2 Å². The maximum absolute atomic E-state index is 12.5. The predicted molar refractivity (Wildman–Crippen MR) is 100 cm³/mol. The maximum Gasteiger partial charge on any atom is 0.270 e. The topological polar surface area (TPSA) is 80.9 Å². The van der Waals surface area contributed by atoms with E-state index in [1.165, 1.54) is 11.3 Å². The molecule has 9 heteroatoms. The molecule has 136 valence electrons. The zero-order valence-corrected chi connectivity index (χ0v) is 15.6. The van der Waals surface area contributed by atoms with Crippen LogP contribution in [0.2, 0.25) is 0 Å².